The van der Waals surface area contributed by atoms with Crippen LogP contribution < -0.4 is 10.2 Å². The van der Waals surface area contributed by atoms with Gasteiger partial charge in [0.1, 0.15) is 5.82 Å². The minimum absolute atomic E-state index is 0.00580. The SMILES string of the molecule is Cc1ccccc1CC(=O)Nc1nnc([C@H]2CC(=O)N(c3ccc(F)cc3)C2)o1. The minimum Gasteiger partial charge on any atom is -0.407 e. The topological polar surface area (TPSA) is 88.3 Å². The monoisotopic (exact) mass is 394 g/mol. The molecule has 1 fully saturated rings. The number of hydrogen-bond donors (Lipinski definition) is 1. The zero-order valence-electron chi connectivity index (χ0n) is 15.8. The zero-order chi connectivity index (χ0) is 20.4. The van der Waals surface area contributed by atoms with Crippen molar-refractivity contribution in [3.05, 3.63) is 71.4 Å². The van der Waals surface area contributed by atoms with Gasteiger partial charge in [-0.05, 0) is 42.3 Å². The number of hydrogen-bond acceptors (Lipinski definition) is 5. The molecule has 29 heavy (non-hydrogen) atoms. The Hall–Kier alpha value is -3.55. The Labute approximate surface area is 166 Å². The van der Waals surface area contributed by atoms with E-state index in [1.165, 1.54) is 12.1 Å². The van der Waals surface area contributed by atoms with Gasteiger partial charge in [0.2, 0.25) is 17.7 Å². The maximum Gasteiger partial charge on any atom is 0.322 e. The highest BCUT2D eigenvalue weighted by Crippen LogP contribution is 2.31. The summed E-state index contributed by atoms with van der Waals surface area (Å²) in [6.45, 7) is 2.29. The molecule has 0 spiro atoms. The van der Waals surface area contributed by atoms with Gasteiger partial charge in [-0.25, -0.2) is 4.39 Å². The average molecular weight is 394 g/mol. The Morgan fingerprint density at radius 2 is 1.97 bits per heavy atom. The second-order valence-corrected chi connectivity index (χ2v) is 6.98. The summed E-state index contributed by atoms with van der Waals surface area (Å²) in [6, 6.07) is 13.4. The first kappa shape index (κ1) is 18.8. The van der Waals surface area contributed by atoms with E-state index >= 15 is 0 Å². The van der Waals surface area contributed by atoms with Crippen molar-refractivity contribution in [1.29, 1.82) is 0 Å². The summed E-state index contributed by atoms with van der Waals surface area (Å²) in [6.07, 6.45) is 0.404. The third-order valence-corrected chi connectivity index (χ3v) is 4.91. The van der Waals surface area contributed by atoms with Gasteiger partial charge >= 0.3 is 6.01 Å². The summed E-state index contributed by atoms with van der Waals surface area (Å²) < 4.78 is 18.7. The summed E-state index contributed by atoms with van der Waals surface area (Å²) >= 11 is 0. The van der Waals surface area contributed by atoms with Crippen LogP contribution in [0.15, 0.2) is 52.9 Å². The third kappa shape index (κ3) is 4.16. The molecule has 3 aromatic rings. The number of nitrogens with one attached hydrogen (secondary N) is 1. The van der Waals surface area contributed by atoms with Crippen LogP contribution >= 0.6 is 0 Å². The van der Waals surface area contributed by atoms with Crippen molar-refractivity contribution in [1.82, 2.24) is 10.2 Å². The zero-order valence-corrected chi connectivity index (χ0v) is 15.8. The van der Waals surface area contributed by atoms with Crippen LogP contribution in [0, 0.1) is 12.7 Å². The van der Waals surface area contributed by atoms with Crippen molar-refractivity contribution in [2.45, 2.75) is 25.7 Å². The number of aromatic nitrogens is 2. The number of halogens is 1. The van der Waals surface area contributed by atoms with Gasteiger partial charge in [0, 0.05) is 18.7 Å². The summed E-state index contributed by atoms with van der Waals surface area (Å²) in [7, 11) is 0. The number of benzene rings is 2. The molecule has 1 aliphatic heterocycles. The van der Waals surface area contributed by atoms with Gasteiger partial charge in [-0.15, -0.1) is 5.10 Å². The van der Waals surface area contributed by atoms with Gasteiger partial charge in [0.15, 0.2) is 0 Å². The molecule has 0 unspecified atom stereocenters. The standard InChI is InChI=1S/C21H19FN4O3/c1-13-4-2-3-5-14(13)10-18(27)23-21-25-24-20(29-21)15-11-19(28)26(12-15)17-8-6-16(22)7-9-17/h2-9,15H,10-12H2,1H3,(H,23,25,27)/t15-/m0/s1. The smallest absolute Gasteiger partial charge is 0.322 e. The third-order valence-electron chi connectivity index (χ3n) is 4.91. The number of rotatable bonds is 5. The molecule has 1 aliphatic rings. The van der Waals surface area contributed by atoms with Crippen molar-refractivity contribution < 1.29 is 18.4 Å². The van der Waals surface area contributed by atoms with Crippen LogP contribution in [0.25, 0.3) is 0 Å². The Bertz CT molecular complexity index is 1050. The molecular formula is C21H19FN4O3. The first-order chi connectivity index (χ1) is 14.0. The summed E-state index contributed by atoms with van der Waals surface area (Å²) in [5, 5.41) is 10.5. The van der Waals surface area contributed by atoms with E-state index in [1.807, 2.05) is 31.2 Å². The molecule has 8 heteroatoms. The average Bonchev–Trinajstić information content (AvgIpc) is 3.31. The van der Waals surface area contributed by atoms with Crippen LogP contribution in [-0.2, 0) is 16.0 Å². The van der Waals surface area contributed by atoms with E-state index < -0.39 is 0 Å². The molecule has 148 valence electrons. The molecule has 2 aromatic carbocycles. The predicted molar refractivity (Wildman–Crippen MR) is 104 cm³/mol. The fraction of sp³-hybridized carbons (Fsp3) is 0.238. The van der Waals surface area contributed by atoms with E-state index in [0.717, 1.165) is 11.1 Å². The normalized spacial score (nSPS) is 16.3. The predicted octanol–water partition coefficient (Wildman–Crippen LogP) is 3.22. The lowest BCUT2D eigenvalue weighted by molar-refractivity contribution is -0.117. The lowest BCUT2D eigenvalue weighted by Crippen LogP contribution is -2.24. The molecule has 0 aliphatic carbocycles. The molecule has 1 saturated heterocycles. The molecule has 7 nitrogen and oxygen atoms in total. The van der Waals surface area contributed by atoms with E-state index in [1.54, 1.807) is 17.0 Å². The molecule has 1 aromatic heterocycles. The largest absolute Gasteiger partial charge is 0.407 e. The van der Waals surface area contributed by atoms with Crippen LogP contribution in [0.4, 0.5) is 16.1 Å². The maximum absolute atomic E-state index is 13.1. The highest BCUT2D eigenvalue weighted by molar-refractivity contribution is 5.96. The molecule has 1 N–H and O–H groups in total. The molecule has 4 rings (SSSR count). The van der Waals surface area contributed by atoms with Gasteiger partial charge in [-0.1, -0.05) is 29.4 Å². The number of anilines is 2. The van der Waals surface area contributed by atoms with E-state index in [4.69, 9.17) is 4.42 Å². The molecule has 2 heterocycles. The Morgan fingerprint density at radius 1 is 1.21 bits per heavy atom. The maximum atomic E-state index is 13.1. The van der Waals surface area contributed by atoms with Gasteiger partial charge in [-0.2, -0.15) is 0 Å². The Morgan fingerprint density at radius 3 is 2.72 bits per heavy atom. The Kier molecular flexibility index (Phi) is 5.07. The quantitative estimate of drug-likeness (QED) is 0.718. The van der Waals surface area contributed by atoms with Crippen LogP contribution in [0.2, 0.25) is 0 Å². The molecule has 2 amide bonds. The fourth-order valence-corrected chi connectivity index (χ4v) is 3.34. The second kappa shape index (κ2) is 7.83. The van der Waals surface area contributed by atoms with Crippen molar-refractivity contribution in [2.75, 3.05) is 16.8 Å². The Balaban J connectivity index is 1.40. The van der Waals surface area contributed by atoms with Crippen molar-refractivity contribution in [3.8, 4) is 0 Å². The number of amides is 2. The highest BCUT2D eigenvalue weighted by atomic mass is 19.1. The minimum atomic E-state index is -0.361. The lowest BCUT2D eigenvalue weighted by Gasteiger charge is -2.15. The number of aryl methyl sites for hydroxylation is 1. The molecule has 0 saturated carbocycles. The van der Waals surface area contributed by atoms with Crippen LogP contribution in [-0.4, -0.2) is 28.6 Å². The van der Waals surface area contributed by atoms with E-state index in [2.05, 4.69) is 15.5 Å². The first-order valence-electron chi connectivity index (χ1n) is 9.23. The number of carbonyl (C=O) groups excluding carboxylic acids is 2. The van der Waals surface area contributed by atoms with Gasteiger partial charge in [-0.3, -0.25) is 14.9 Å². The lowest BCUT2D eigenvalue weighted by atomic mass is 10.1. The molecule has 0 bridgehead atoms. The van der Waals surface area contributed by atoms with Crippen molar-refractivity contribution in [2.24, 2.45) is 0 Å². The summed E-state index contributed by atoms with van der Waals surface area (Å²) in [5.41, 5.74) is 2.56. The highest BCUT2D eigenvalue weighted by Gasteiger charge is 2.35. The van der Waals surface area contributed by atoms with Crippen molar-refractivity contribution in [3.63, 3.8) is 0 Å². The fourth-order valence-electron chi connectivity index (χ4n) is 3.34. The van der Waals surface area contributed by atoms with E-state index in [-0.39, 0.29) is 48.3 Å². The van der Waals surface area contributed by atoms with Crippen LogP contribution in [0.1, 0.15) is 29.4 Å². The van der Waals surface area contributed by atoms with E-state index in [9.17, 15) is 14.0 Å². The summed E-state index contributed by atoms with van der Waals surface area (Å²) in [4.78, 5) is 26.1. The summed E-state index contributed by atoms with van der Waals surface area (Å²) in [5.74, 6) is -0.731. The number of carbonyl (C=O) groups is 2. The van der Waals surface area contributed by atoms with Crippen LogP contribution in [0.3, 0.4) is 0 Å². The molecule has 0 radical (unpaired) electrons. The first-order valence-corrected chi connectivity index (χ1v) is 9.23. The van der Waals surface area contributed by atoms with Gasteiger partial charge < -0.3 is 9.32 Å². The van der Waals surface area contributed by atoms with E-state index in [0.29, 0.717) is 12.2 Å². The second-order valence-electron chi connectivity index (χ2n) is 6.98. The number of nitrogens with zero attached hydrogens (tertiary/aromatic N) is 3. The van der Waals surface area contributed by atoms with Gasteiger partial charge in [0.05, 0.1) is 12.3 Å². The van der Waals surface area contributed by atoms with Crippen molar-refractivity contribution >= 4 is 23.5 Å². The van der Waals surface area contributed by atoms with Crippen LogP contribution in [0.5, 0.6) is 0 Å². The molecule has 1 atom stereocenters. The van der Waals surface area contributed by atoms with Gasteiger partial charge in [0.25, 0.3) is 0 Å². The molecular weight excluding hydrogens is 375 g/mol.